The number of rotatable bonds is 5. The molecule has 4 aliphatic heterocycles. The van der Waals surface area contributed by atoms with Crippen LogP contribution in [-0.2, 0) is 20.5 Å². The second-order valence-electron chi connectivity index (χ2n) is 11.0. The van der Waals surface area contributed by atoms with Gasteiger partial charge in [0.1, 0.15) is 23.3 Å². The van der Waals surface area contributed by atoms with Gasteiger partial charge in [0.2, 0.25) is 5.91 Å². The van der Waals surface area contributed by atoms with E-state index in [0.717, 1.165) is 12.0 Å². The highest BCUT2D eigenvalue weighted by atomic mass is 35.5. The third-order valence-electron chi connectivity index (χ3n) is 9.07. The van der Waals surface area contributed by atoms with Gasteiger partial charge in [-0.05, 0) is 61.7 Å². The highest BCUT2D eigenvalue weighted by Gasteiger charge is 2.81. The fourth-order valence-corrected chi connectivity index (χ4v) is 8.17. The largest absolute Gasteiger partial charge is 0.490 e. The van der Waals surface area contributed by atoms with Crippen molar-refractivity contribution >= 4 is 40.6 Å². The predicted molar refractivity (Wildman–Crippen MR) is 153 cm³/mol. The van der Waals surface area contributed by atoms with Crippen LogP contribution in [-0.4, -0.2) is 41.7 Å². The van der Waals surface area contributed by atoms with Crippen LogP contribution in [0.4, 0.5) is 11.4 Å². The zero-order valence-electron chi connectivity index (χ0n) is 22.0. The summed E-state index contributed by atoms with van der Waals surface area (Å²) in [7, 11) is 0. The summed E-state index contributed by atoms with van der Waals surface area (Å²) in [5.74, 6) is -1.15. The number of halogens is 1. The number of ketones is 1. The van der Waals surface area contributed by atoms with Crippen molar-refractivity contribution in [3.8, 4) is 5.75 Å². The molecular formula is C32H28ClN3O4. The molecule has 2 fully saturated rings. The van der Waals surface area contributed by atoms with Gasteiger partial charge in [0.05, 0.1) is 16.6 Å². The normalized spacial score (nSPS) is 27.9. The molecular weight excluding hydrogens is 526 g/mol. The molecule has 0 aromatic heterocycles. The van der Waals surface area contributed by atoms with E-state index in [2.05, 4.69) is 22.1 Å². The Kier molecular flexibility index (Phi) is 5.50. The summed E-state index contributed by atoms with van der Waals surface area (Å²) in [4.78, 5) is 46.0. The van der Waals surface area contributed by atoms with Crippen molar-refractivity contribution in [1.82, 2.24) is 4.90 Å². The molecule has 3 aromatic carbocycles. The standard InChI is InChI=1S/C32H28ClN3O4/c1-3-14-40-20-9-6-8-19(17-20)28(37)26-25-12-7-13-36(25)32(22-15-18(2)16-23(33)27(22)35-30(32)39)31(26)21-10-4-5-11-24(21)34-29(31)38/h3-6,8-11,15-17,25-26H,1,7,12-14H2,2H3,(H,34,38)(H,35,39)/t25-,26+,31-,32-/m1/s1. The maximum atomic E-state index is 14.8. The molecule has 0 bridgehead atoms. The number of nitrogens with zero attached hydrogens (tertiary/aromatic N) is 1. The summed E-state index contributed by atoms with van der Waals surface area (Å²) in [6.45, 7) is 6.50. The Bertz CT molecular complexity index is 1640. The lowest BCUT2D eigenvalue weighted by atomic mass is 9.57. The molecule has 4 aliphatic rings. The summed E-state index contributed by atoms with van der Waals surface area (Å²) in [6, 6.07) is 17.9. The van der Waals surface area contributed by atoms with Crippen LogP contribution in [0.1, 0.15) is 39.9 Å². The molecule has 3 aromatic rings. The van der Waals surface area contributed by atoms with Crippen LogP contribution in [0.25, 0.3) is 0 Å². The number of para-hydroxylation sites is 1. The van der Waals surface area contributed by atoms with E-state index >= 15 is 0 Å². The van der Waals surface area contributed by atoms with Crippen molar-refractivity contribution in [2.75, 3.05) is 23.8 Å². The number of Topliss-reactive ketones (excluding diaryl/α,β-unsaturated/α-hetero) is 1. The maximum absolute atomic E-state index is 14.8. The number of carbonyl (C=O) groups excluding carboxylic acids is 3. The fraction of sp³-hybridized carbons (Fsp3) is 0.281. The first-order valence-corrected chi connectivity index (χ1v) is 13.9. The molecule has 0 aliphatic carbocycles. The number of ether oxygens (including phenoxy) is 1. The number of hydrogen-bond acceptors (Lipinski definition) is 5. The van der Waals surface area contributed by atoms with Gasteiger partial charge in [0.25, 0.3) is 5.91 Å². The quantitative estimate of drug-likeness (QED) is 0.334. The van der Waals surface area contributed by atoms with Crippen molar-refractivity contribution in [3.05, 3.63) is 101 Å². The summed E-state index contributed by atoms with van der Waals surface area (Å²) in [5.41, 5.74) is 0.781. The van der Waals surface area contributed by atoms with E-state index in [4.69, 9.17) is 16.3 Å². The minimum absolute atomic E-state index is 0.190. The van der Waals surface area contributed by atoms with Crippen molar-refractivity contribution in [2.24, 2.45) is 5.92 Å². The van der Waals surface area contributed by atoms with E-state index in [1.165, 1.54) is 0 Å². The molecule has 2 spiro atoms. The Hall–Kier alpha value is -3.94. The highest BCUT2D eigenvalue weighted by molar-refractivity contribution is 6.35. The molecule has 7 rings (SSSR count). The van der Waals surface area contributed by atoms with E-state index in [-0.39, 0.29) is 23.6 Å². The number of anilines is 2. The smallest absolute Gasteiger partial charge is 0.251 e. The van der Waals surface area contributed by atoms with Crippen LogP contribution in [0.2, 0.25) is 5.02 Å². The molecule has 4 heterocycles. The fourth-order valence-electron chi connectivity index (χ4n) is 7.85. The van der Waals surface area contributed by atoms with Gasteiger partial charge in [-0.25, -0.2) is 0 Å². The molecule has 40 heavy (non-hydrogen) atoms. The van der Waals surface area contributed by atoms with Crippen molar-refractivity contribution in [1.29, 1.82) is 0 Å². The first kappa shape index (κ1) is 25.1. The molecule has 0 saturated carbocycles. The molecule has 0 radical (unpaired) electrons. The van der Waals surface area contributed by atoms with E-state index in [9.17, 15) is 14.4 Å². The van der Waals surface area contributed by atoms with Crippen LogP contribution in [0.5, 0.6) is 5.75 Å². The van der Waals surface area contributed by atoms with Crippen LogP contribution < -0.4 is 15.4 Å². The number of amides is 2. The van der Waals surface area contributed by atoms with Crippen LogP contribution in [0.3, 0.4) is 0 Å². The maximum Gasteiger partial charge on any atom is 0.251 e. The number of hydrogen-bond donors (Lipinski definition) is 2. The number of benzene rings is 3. The third kappa shape index (κ3) is 2.96. The van der Waals surface area contributed by atoms with Crippen LogP contribution in [0, 0.1) is 12.8 Å². The zero-order valence-corrected chi connectivity index (χ0v) is 22.8. The first-order chi connectivity index (χ1) is 19.3. The van der Waals surface area contributed by atoms with E-state index in [1.807, 2.05) is 43.3 Å². The average molecular weight is 554 g/mol. The number of nitrogens with one attached hydrogen (secondary N) is 2. The SMILES string of the molecule is C=CCOc1cccc(C(=O)[C@@H]2[C@H]3CCCN3[C@]3(C(=O)Nc4c(Cl)cc(C)cc43)[C@@]23C(=O)Nc2ccccc23)c1. The van der Waals surface area contributed by atoms with E-state index in [0.29, 0.717) is 58.4 Å². The van der Waals surface area contributed by atoms with Crippen molar-refractivity contribution in [3.63, 3.8) is 0 Å². The molecule has 0 unspecified atom stereocenters. The zero-order chi connectivity index (χ0) is 27.8. The summed E-state index contributed by atoms with van der Waals surface area (Å²) in [5, 5.41) is 6.52. The lowest BCUT2D eigenvalue weighted by molar-refractivity contribution is -0.137. The predicted octanol–water partition coefficient (Wildman–Crippen LogP) is 5.23. The molecule has 4 atom stereocenters. The molecule has 7 nitrogen and oxygen atoms in total. The van der Waals surface area contributed by atoms with Crippen LogP contribution >= 0.6 is 11.6 Å². The Morgan fingerprint density at radius 3 is 2.75 bits per heavy atom. The van der Waals surface area contributed by atoms with Crippen molar-refractivity contribution in [2.45, 2.75) is 36.8 Å². The summed E-state index contributed by atoms with van der Waals surface area (Å²) >= 11 is 6.71. The molecule has 8 heteroatoms. The molecule has 2 amide bonds. The number of carbonyl (C=O) groups is 3. The van der Waals surface area contributed by atoms with Gasteiger partial charge in [0.15, 0.2) is 5.78 Å². The lowest BCUT2D eigenvalue weighted by Gasteiger charge is -2.43. The van der Waals surface area contributed by atoms with Gasteiger partial charge in [-0.1, -0.05) is 60.7 Å². The molecule has 2 saturated heterocycles. The molecule has 202 valence electrons. The monoisotopic (exact) mass is 553 g/mol. The Morgan fingerprint density at radius 2 is 1.93 bits per heavy atom. The molecule has 2 N–H and O–H groups in total. The third-order valence-corrected chi connectivity index (χ3v) is 9.37. The number of fused-ring (bicyclic) bond motifs is 7. The summed E-state index contributed by atoms with van der Waals surface area (Å²) in [6.07, 6.45) is 3.13. The van der Waals surface area contributed by atoms with Gasteiger partial charge < -0.3 is 15.4 Å². The van der Waals surface area contributed by atoms with Gasteiger partial charge in [-0.2, -0.15) is 0 Å². The Balaban J connectivity index is 1.54. The van der Waals surface area contributed by atoms with E-state index < -0.39 is 16.9 Å². The minimum atomic E-state index is -1.52. The van der Waals surface area contributed by atoms with Crippen molar-refractivity contribution < 1.29 is 19.1 Å². The van der Waals surface area contributed by atoms with Crippen LogP contribution in [0.15, 0.2) is 73.3 Å². The van der Waals surface area contributed by atoms with E-state index in [1.54, 1.807) is 30.3 Å². The highest BCUT2D eigenvalue weighted by Crippen LogP contribution is 2.68. The van der Waals surface area contributed by atoms with Gasteiger partial charge in [0, 0.05) is 22.9 Å². The van der Waals surface area contributed by atoms with Gasteiger partial charge in [-0.3, -0.25) is 19.3 Å². The Labute approximate surface area is 237 Å². The lowest BCUT2D eigenvalue weighted by Crippen LogP contribution is -2.62. The number of aryl methyl sites for hydroxylation is 1. The average Bonchev–Trinajstić information content (AvgIpc) is 3.66. The Morgan fingerprint density at radius 1 is 1.10 bits per heavy atom. The first-order valence-electron chi connectivity index (χ1n) is 13.5. The minimum Gasteiger partial charge on any atom is -0.490 e. The second-order valence-corrected chi connectivity index (χ2v) is 11.4. The second kappa shape index (κ2) is 8.78. The van der Waals surface area contributed by atoms with Gasteiger partial charge in [-0.15, -0.1) is 0 Å². The summed E-state index contributed by atoms with van der Waals surface area (Å²) < 4.78 is 5.73. The topological polar surface area (TPSA) is 87.7 Å². The van der Waals surface area contributed by atoms with Gasteiger partial charge >= 0.3 is 0 Å².